The summed E-state index contributed by atoms with van der Waals surface area (Å²) in [6.07, 6.45) is 1.73. The number of sulfonamides is 1. The molecule has 0 spiro atoms. The summed E-state index contributed by atoms with van der Waals surface area (Å²) in [5.41, 5.74) is 0.147. The molecule has 0 saturated carbocycles. The van der Waals surface area contributed by atoms with E-state index in [4.69, 9.17) is 4.74 Å². The Hall–Kier alpha value is -2.52. The predicted octanol–water partition coefficient (Wildman–Crippen LogP) is 2.67. The number of anilines is 1. The van der Waals surface area contributed by atoms with Gasteiger partial charge in [-0.05, 0) is 43.2 Å². The zero-order valence-electron chi connectivity index (χ0n) is 14.2. The zero-order valence-corrected chi connectivity index (χ0v) is 15.1. The van der Waals surface area contributed by atoms with Crippen LogP contribution in [0.3, 0.4) is 0 Å². The van der Waals surface area contributed by atoms with Crippen molar-refractivity contribution >= 4 is 21.6 Å². The summed E-state index contributed by atoms with van der Waals surface area (Å²) in [5.74, 6) is -2.89. The van der Waals surface area contributed by atoms with Crippen molar-refractivity contribution in [1.82, 2.24) is 5.32 Å². The van der Waals surface area contributed by atoms with E-state index < -0.39 is 32.5 Å². The highest BCUT2D eigenvalue weighted by Gasteiger charge is 2.21. The second-order valence-corrected chi connectivity index (χ2v) is 7.75. The quantitative estimate of drug-likeness (QED) is 0.786. The average Bonchev–Trinajstić information content (AvgIpc) is 3.15. The van der Waals surface area contributed by atoms with E-state index in [2.05, 4.69) is 10.0 Å². The summed E-state index contributed by atoms with van der Waals surface area (Å²) in [6.45, 7) is 0.980. The van der Waals surface area contributed by atoms with Gasteiger partial charge in [0.15, 0.2) is 11.6 Å². The molecule has 0 aromatic heterocycles. The van der Waals surface area contributed by atoms with Crippen LogP contribution >= 0.6 is 0 Å². The number of benzene rings is 2. The zero-order chi connectivity index (χ0) is 19.4. The molecule has 0 bridgehead atoms. The van der Waals surface area contributed by atoms with Crippen LogP contribution < -0.4 is 10.0 Å². The molecule has 6 nitrogen and oxygen atoms in total. The predicted molar refractivity (Wildman–Crippen MR) is 94.9 cm³/mol. The van der Waals surface area contributed by atoms with Crippen molar-refractivity contribution in [1.29, 1.82) is 0 Å². The molecule has 1 amide bonds. The van der Waals surface area contributed by atoms with Gasteiger partial charge in [-0.1, -0.05) is 12.1 Å². The first-order valence-corrected chi connectivity index (χ1v) is 9.82. The molecule has 3 rings (SSSR count). The fraction of sp³-hybridized carbons (Fsp3) is 0.278. The van der Waals surface area contributed by atoms with Gasteiger partial charge >= 0.3 is 0 Å². The Bertz CT molecular complexity index is 944. The molecule has 2 N–H and O–H groups in total. The van der Waals surface area contributed by atoms with Crippen LogP contribution in [0.25, 0.3) is 0 Å². The van der Waals surface area contributed by atoms with Crippen LogP contribution in [-0.2, 0) is 14.8 Å². The molecule has 9 heteroatoms. The lowest BCUT2D eigenvalue weighted by molar-refractivity contribution is 0.0858. The molecule has 2 aromatic rings. The van der Waals surface area contributed by atoms with Gasteiger partial charge in [0.2, 0.25) is 0 Å². The third kappa shape index (κ3) is 4.61. The Morgan fingerprint density at radius 2 is 1.93 bits per heavy atom. The summed E-state index contributed by atoms with van der Waals surface area (Å²) >= 11 is 0. The number of amides is 1. The van der Waals surface area contributed by atoms with E-state index >= 15 is 0 Å². The van der Waals surface area contributed by atoms with Crippen LogP contribution in [0.4, 0.5) is 14.5 Å². The molecular formula is C18H18F2N2O4S. The number of hydrogen-bond acceptors (Lipinski definition) is 4. The average molecular weight is 396 g/mol. The molecule has 1 saturated heterocycles. The SMILES string of the molecule is O=C(NCC1CCCO1)c1ccccc1NS(=O)(=O)c1ccc(F)c(F)c1. The van der Waals surface area contributed by atoms with E-state index in [0.29, 0.717) is 19.2 Å². The Labute approximate surface area is 155 Å². The van der Waals surface area contributed by atoms with E-state index in [1.54, 1.807) is 12.1 Å². The maximum atomic E-state index is 13.4. The molecule has 1 unspecified atom stereocenters. The van der Waals surface area contributed by atoms with E-state index in [1.807, 2.05) is 0 Å². The van der Waals surface area contributed by atoms with Crippen molar-refractivity contribution in [2.45, 2.75) is 23.8 Å². The molecule has 0 aliphatic carbocycles. The normalized spacial score (nSPS) is 16.9. The van der Waals surface area contributed by atoms with E-state index in [1.165, 1.54) is 12.1 Å². The highest BCUT2D eigenvalue weighted by molar-refractivity contribution is 7.92. The first kappa shape index (κ1) is 19.2. The minimum absolute atomic E-state index is 0.0343. The highest BCUT2D eigenvalue weighted by Crippen LogP contribution is 2.21. The molecule has 1 fully saturated rings. The van der Waals surface area contributed by atoms with E-state index in [0.717, 1.165) is 25.0 Å². The van der Waals surface area contributed by atoms with Gasteiger partial charge in [0.1, 0.15) is 0 Å². The Morgan fingerprint density at radius 1 is 1.15 bits per heavy atom. The van der Waals surface area contributed by atoms with Crippen LogP contribution in [0.15, 0.2) is 47.4 Å². The van der Waals surface area contributed by atoms with Crippen molar-refractivity contribution in [3.05, 3.63) is 59.7 Å². The van der Waals surface area contributed by atoms with Crippen LogP contribution in [0.5, 0.6) is 0 Å². The number of hydrogen-bond donors (Lipinski definition) is 2. The first-order chi connectivity index (χ1) is 12.9. The smallest absolute Gasteiger partial charge is 0.262 e. The molecule has 1 heterocycles. The van der Waals surface area contributed by atoms with Gasteiger partial charge in [-0.3, -0.25) is 9.52 Å². The van der Waals surface area contributed by atoms with Gasteiger partial charge in [0.05, 0.1) is 22.3 Å². The minimum Gasteiger partial charge on any atom is -0.376 e. The van der Waals surface area contributed by atoms with E-state index in [9.17, 15) is 22.0 Å². The Morgan fingerprint density at radius 3 is 2.63 bits per heavy atom. The standard InChI is InChI=1S/C18H18F2N2O4S/c19-15-8-7-13(10-16(15)20)27(24,25)22-17-6-2-1-5-14(17)18(23)21-11-12-4-3-9-26-12/h1-2,5-8,10,12,22H,3-4,9,11H2,(H,21,23). The lowest BCUT2D eigenvalue weighted by Gasteiger charge is -2.14. The fourth-order valence-electron chi connectivity index (χ4n) is 2.72. The monoisotopic (exact) mass is 396 g/mol. The topological polar surface area (TPSA) is 84.5 Å². The summed E-state index contributed by atoms with van der Waals surface area (Å²) < 4.78 is 59.0. The van der Waals surface area contributed by atoms with Gasteiger partial charge in [0.25, 0.3) is 15.9 Å². The summed E-state index contributed by atoms with van der Waals surface area (Å²) in [6, 6.07) is 8.28. The van der Waals surface area contributed by atoms with Crippen molar-refractivity contribution in [3.8, 4) is 0 Å². The van der Waals surface area contributed by atoms with Gasteiger partial charge in [-0.2, -0.15) is 0 Å². The van der Waals surface area contributed by atoms with Gasteiger partial charge < -0.3 is 10.1 Å². The largest absolute Gasteiger partial charge is 0.376 e. The molecule has 27 heavy (non-hydrogen) atoms. The van der Waals surface area contributed by atoms with Crippen LogP contribution in [-0.4, -0.2) is 33.6 Å². The lowest BCUT2D eigenvalue weighted by Crippen LogP contribution is -2.32. The first-order valence-electron chi connectivity index (χ1n) is 8.33. The summed E-state index contributed by atoms with van der Waals surface area (Å²) in [5, 5.41) is 2.72. The Kier molecular flexibility index (Phi) is 5.71. The maximum Gasteiger partial charge on any atom is 0.262 e. The maximum absolute atomic E-state index is 13.4. The van der Waals surface area contributed by atoms with Gasteiger partial charge in [0, 0.05) is 13.2 Å². The highest BCUT2D eigenvalue weighted by atomic mass is 32.2. The molecule has 1 aliphatic rings. The van der Waals surface area contributed by atoms with E-state index in [-0.39, 0.29) is 17.4 Å². The van der Waals surface area contributed by atoms with Crippen molar-refractivity contribution in [2.75, 3.05) is 17.9 Å². The second kappa shape index (κ2) is 8.01. The third-order valence-corrected chi connectivity index (χ3v) is 5.49. The molecular weight excluding hydrogens is 378 g/mol. The Balaban J connectivity index is 1.78. The number of ether oxygens (including phenoxy) is 1. The summed E-state index contributed by atoms with van der Waals surface area (Å²) in [4.78, 5) is 12.0. The number of para-hydroxylation sites is 1. The third-order valence-electron chi connectivity index (χ3n) is 4.13. The number of nitrogens with one attached hydrogen (secondary N) is 2. The van der Waals surface area contributed by atoms with Gasteiger partial charge in [-0.25, -0.2) is 17.2 Å². The van der Waals surface area contributed by atoms with Crippen molar-refractivity contribution in [2.24, 2.45) is 0 Å². The number of rotatable bonds is 6. The van der Waals surface area contributed by atoms with Crippen LogP contribution in [0.1, 0.15) is 23.2 Å². The molecule has 1 aliphatic heterocycles. The van der Waals surface area contributed by atoms with Crippen LogP contribution in [0.2, 0.25) is 0 Å². The number of carbonyl (C=O) groups is 1. The number of halogens is 2. The van der Waals surface area contributed by atoms with Crippen LogP contribution in [0, 0.1) is 11.6 Å². The fourth-order valence-corrected chi connectivity index (χ4v) is 3.82. The van der Waals surface area contributed by atoms with Gasteiger partial charge in [-0.15, -0.1) is 0 Å². The van der Waals surface area contributed by atoms with Crippen molar-refractivity contribution in [3.63, 3.8) is 0 Å². The summed E-state index contributed by atoms with van der Waals surface area (Å²) in [7, 11) is -4.20. The minimum atomic E-state index is -4.20. The molecule has 144 valence electrons. The molecule has 0 radical (unpaired) electrons. The van der Waals surface area contributed by atoms with Crippen molar-refractivity contribution < 1.29 is 26.7 Å². The molecule has 2 aromatic carbocycles. The second-order valence-electron chi connectivity index (χ2n) is 6.07. The molecule has 1 atom stereocenters. The lowest BCUT2D eigenvalue weighted by atomic mass is 10.1. The number of carbonyl (C=O) groups excluding carboxylic acids is 1.